The van der Waals surface area contributed by atoms with E-state index in [2.05, 4.69) is 31.2 Å². The van der Waals surface area contributed by atoms with Crippen molar-refractivity contribution in [3.63, 3.8) is 0 Å². The number of benzene rings is 2. The number of fused-ring (bicyclic) bond motifs is 1. The highest BCUT2D eigenvalue weighted by Gasteiger charge is 2.12. The maximum atomic E-state index is 12.6. The van der Waals surface area contributed by atoms with Crippen molar-refractivity contribution in [2.45, 2.75) is 6.92 Å². The van der Waals surface area contributed by atoms with Gasteiger partial charge in [0, 0.05) is 23.0 Å². The van der Waals surface area contributed by atoms with E-state index in [1.54, 1.807) is 30.5 Å². The van der Waals surface area contributed by atoms with E-state index >= 15 is 0 Å². The zero-order valence-electron chi connectivity index (χ0n) is 15.0. The van der Waals surface area contributed by atoms with Gasteiger partial charge in [-0.05, 0) is 71.4 Å². The molecular weight excluding hydrogens is 422 g/mol. The first-order chi connectivity index (χ1) is 13.6. The summed E-state index contributed by atoms with van der Waals surface area (Å²) in [7, 11) is 0. The monoisotopic (exact) mass is 437 g/mol. The molecule has 0 bridgehead atoms. The Labute approximate surface area is 169 Å². The third-order valence-electron chi connectivity index (χ3n) is 4.03. The molecule has 0 aliphatic carbocycles. The van der Waals surface area contributed by atoms with Crippen LogP contribution in [0.2, 0.25) is 0 Å². The van der Waals surface area contributed by atoms with E-state index in [9.17, 15) is 4.79 Å². The van der Waals surface area contributed by atoms with E-state index in [1.165, 1.54) is 0 Å². The summed E-state index contributed by atoms with van der Waals surface area (Å²) in [6.07, 6.45) is 1.67. The Balaban J connectivity index is 1.56. The second kappa shape index (κ2) is 7.82. The summed E-state index contributed by atoms with van der Waals surface area (Å²) in [5.74, 6) is 0.930. The summed E-state index contributed by atoms with van der Waals surface area (Å²) in [6.45, 7) is 2.47. The van der Waals surface area contributed by atoms with E-state index < -0.39 is 0 Å². The number of oxazole rings is 1. The fourth-order valence-corrected chi connectivity index (χ4v) is 3.23. The van der Waals surface area contributed by atoms with Gasteiger partial charge in [0.15, 0.2) is 11.2 Å². The van der Waals surface area contributed by atoms with Gasteiger partial charge in [0.05, 0.1) is 11.1 Å². The number of nitrogens with one attached hydrogen (secondary N) is 1. The lowest BCUT2D eigenvalue weighted by atomic mass is 10.1. The lowest BCUT2D eigenvalue weighted by molar-refractivity contribution is 0.102. The van der Waals surface area contributed by atoms with Crippen LogP contribution in [0.3, 0.4) is 0 Å². The van der Waals surface area contributed by atoms with Crippen molar-refractivity contribution in [2.24, 2.45) is 0 Å². The van der Waals surface area contributed by atoms with Gasteiger partial charge < -0.3 is 14.5 Å². The summed E-state index contributed by atoms with van der Waals surface area (Å²) in [5, 5.41) is 2.90. The van der Waals surface area contributed by atoms with Crippen molar-refractivity contribution < 1.29 is 13.9 Å². The Morgan fingerprint density at radius 3 is 2.86 bits per heavy atom. The molecule has 6 nitrogen and oxygen atoms in total. The van der Waals surface area contributed by atoms with Gasteiger partial charge in [-0.3, -0.25) is 4.79 Å². The average molecular weight is 438 g/mol. The molecule has 0 spiro atoms. The number of ether oxygens (including phenoxy) is 1. The molecule has 2 aromatic heterocycles. The fraction of sp³-hybridized carbons (Fsp3) is 0.0952. The van der Waals surface area contributed by atoms with Crippen molar-refractivity contribution in [3.05, 3.63) is 70.8 Å². The Morgan fingerprint density at radius 1 is 1.18 bits per heavy atom. The first-order valence-corrected chi connectivity index (χ1v) is 9.49. The van der Waals surface area contributed by atoms with Crippen molar-refractivity contribution in [2.75, 3.05) is 11.9 Å². The maximum absolute atomic E-state index is 12.6. The molecule has 0 saturated heterocycles. The van der Waals surface area contributed by atoms with E-state index in [1.807, 2.05) is 37.3 Å². The molecule has 0 unspecified atom stereocenters. The highest BCUT2D eigenvalue weighted by atomic mass is 79.9. The van der Waals surface area contributed by atoms with E-state index in [4.69, 9.17) is 9.15 Å². The first kappa shape index (κ1) is 18.2. The molecule has 4 aromatic rings. The molecule has 0 saturated carbocycles. The molecule has 4 rings (SSSR count). The molecule has 0 radical (unpaired) electrons. The van der Waals surface area contributed by atoms with Gasteiger partial charge in [0.1, 0.15) is 5.75 Å². The van der Waals surface area contributed by atoms with Gasteiger partial charge in [-0.15, -0.1) is 0 Å². The van der Waals surface area contributed by atoms with Crippen LogP contribution in [0, 0.1) is 0 Å². The summed E-state index contributed by atoms with van der Waals surface area (Å²) < 4.78 is 12.0. The quantitative estimate of drug-likeness (QED) is 0.458. The molecule has 28 heavy (non-hydrogen) atoms. The molecular formula is C21H16BrN3O3. The predicted molar refractivity (Wildman–Crippen MR) is 111 cm³/mol. The Hall–Kier alpha value is -3.19. The SMILES string of the molecule is CCOc1ccc(C(=O)Nc2cccc(-c3nc4ncccc4o3)c2)cc1Br. The number of hydrogen-bond acceptors (Lipinski definition) is 5. The van der Waals surface area contributed by atoms with Gasteiger partial charge in [-0.25, -0.2) is 4.98 Å². The third kappa shape index (κ3) is 3.75. The predicted octanol–water partition coefficient (Wildman–Crippen LogP) is 5.30. The molecule has 0 atom stereocenters. The van der Waals surface area contributed by atoms with Crippen molar-refractivity contribution in [3.8, 4) is 17.2 Å². The van der Waals surface area contributed by atoms with Crippen LogP contribution in [-0.4, -0.2) is 22.5 Å². The number of rotatable bonds is 5. The van der Waals surface area contributed by atoms with Crippen LogP contribution < -0.4 is 10.1 Å². The van der Waals surface area contributed by atoms with Gasteiger partial charge in [0.25, 0.3) is 5.91 Å². The Morgan fingerprint density at radius 2 is 2.07 bits per heavy atom. The van der Waals surface area contributed by atoms with Crippen LogP contribution in [0.1, 0.15) is 17.3 Å². The highest BCUT2D eigenvalue weighted by Crippen LogP contribution is 2.28. The van der Waals surface area contributed by atoms with Crippen LogP contribution in [0.15, 0.2) is 69.7 Å². The van der Waals surface area contributed by atoms with Crippen LogP contribution in [0.25, 0.3) is 22.7 Å². The Bertz CT molecular complexity index is 1120. The Kier molecular flexibility index (Phi) is 5.08. The number of pyridine rings is 1. The zero-order chi connectivity index (χ0) is 19.5. The fourth-order valence-electron chi connectivity index (χ4n) is 2.74. The molecule has 0 aliphatic rings. The summed E-state index contributed by atoms with van der Waals surface area (Å²) >= 11 is 3.43. The molecule has 2 aromatic carbocycles. The second-order valence-electron chi connectivity index (χ2n) is 5.96. The van der Waals surface area contributed by atoms with Gasteiger partial charge in [-0.1, -0.05) is 6.07 Å². The smallest absolute Gasteiger partial charge is 0.255 e. The topological polar surface area (TPSA) is 77.2 Å². The van der Waals surface area contributed by atoms with Crippen molar-refractivity contribution >= 4 is 38.8 Å². The second-order valence-corrected chi connectivity index (χ2v) is 6.81. The maximum Gasteiger partial charge on any atom is 0.255 e. The number of carbonyl (C=O) groups excluding carboxylic acids is 1. The van der Waals surface area contributed by atoms with E-state index in [-0.39, 0.29) is 5.91 Å². The minimum Gasteiger partial charge on any atom is -0.493 e. The molecule has 0 aliphatic heterocycles. The standard InChI is InChI=1S/C21H16BrN3O3/c1-2-27-17-9-8-13(12-16(17)22)20(26)24-15-6-3-5-14(11-15)21-25-19-18(28-21)7-4-10-23-19/h3-12H,2H2,1H3,(H,24,26). The minimum absolute atomic E-state index is 0.222. The molecule has 0 fully saturated rings. The van der Waals surface area contributed by atoms with Crippen LogP contribution >= 0.6 is 15.9 Å². The summed E-state index contributed by atoms with van der Waals surface area (Å²) in [4.78, 5) is 21.2. The lowest BCUT2D eigenvalue weighted by Gasteiger charge is -2.09. The molecule has 1 amide bonds. The average Bonchev–Trinajstić information content (AvgIpc) is 3.14. The normalized spacial score (nSPS) is 10.8. The number of hydrogen-bond donors (Lipinski definition) is 1. The van der Waals surface area contributed by atoms with Crippen LogP contribution in [0.5, 0.6) is 5.75 Å². The first-order valence-electron chi connectivity index (χ1n) is 8.70. The van der Waals surface area contributed by atoms with Crippen LogP contribution in [0.4, 0.5) is 5.69 Å². The number of aromatic nitrogens is 2. The lowest BCUT2D eigenvalue weighted by Crippen LogP contribution is -2.12. The van der Waals surface area contributed by atoms with Crippen molar-refractivity contribution in [1.82, 2.24) is 9.97 Å². The summed E-state index contributed by atoms with van der Waals surface area (Å²) in [6, 6.07) is 16.2. The van der Waals surface area contributed by atoms with Gasteiger partial charge in [0.2, 0.25) is 5.89 Å². The van der Waals surface area contributed by atoms with Gasteiger partial charge >= 0.3 is 0 Å². The van der Waals surface area contributed by atoms with E-state index in [0.717, 1.165) is 10.0 Å². The third-order valence-corrected chi connectivity index (χ3v) is 4.65. The number of halogens is 1. The number of amides is 1. The highest BCUT2D eigenvalue weighted by molar-refractivity contribution is 9.10. The molecule has 140 valence electrons. The molecule has 7 heteroatoms. The van der Waals surface area contributed by atoms with Crippen molar-refractivity contribution in [1.29, 1.82) is 0 Å². The number of nitrogens with zero attached hydrogens (tertiary/aromatic N) is 2. The van der Waals surface area contributed by atoms with Crippen LogP contribution in [-0.2, 0) is 0 Å². The zero-order valence-corrected chi connectivity index (χ0v) is 16.6. The number of carbonyl (C=O) groups is 1. The minimum atomic E-state index is -0.222. The van der Waals surface area contributed by atoms with E-state index in [0.29, 0.717) is 40.7 Å². The van der Waals surface area contributed by atoms with Gasteiger partial charge in [-0.2, -0.15) is 4.98 Å². The largest absolute Gasteiger partial charge is 0.493 e. The number of anilines is 1. The molecule has 1 N–H and O–H groups in total. The summed E-state index contributed by atoms with van der Waals surface area (Å²) in [5.41, 5.74) is 3.08. The molecule has 2 heterocycles.